The van der Waals surface area contributed by atoms with Gasteiger partial charge in [-0.1, -0.05) is 0 Å². The Balaban J connectivity index is 1.78. The molecule has 3 rings (SSSR count). The van der Waals surface area contributed by atoms with Gasteiger partial charge in [0.2, 0.25) is 5.91 Å². The number of aromatic nitrogens is 2. The molecule has 7 heteroatoms. The van der Waals surface area contributed by atoms with Crippen molar-refractivity contribution < 1.29 is 9.59 Å². The zero-order chi connectivity index (χ0) is 14.8. The van der Waals surface area contributed by atoms with Crippen molar-refractivity contribution in [2.45, 2.75) is 26.4 Å². The monoisotopic (exact) mass is 291 g/mol. The second-order valence-corrected chi connectivity index (χ2v) is 5.58. The number of nitrogens with zero attached hydrogens (tertiary/aromatic N) is 4. The zero-order valence-electron chi connectivity index (χ0n) is 12.3. The van der Waals surface area contributed by atoms with E-state index in [0.29, 0.717) is 12.2 Å². The van der Waals surface area contributed by atoms with Crippen molar-refractivity contribution in [2.24, 2.45) is 0 Å². The van der Waals surface area contributed by atoms with Crippen molar-refractivity contribution in [1.82, 2.24) is 24.9 Å². The Kier molecular flexibility index (Phi) is 3.92. The number of rotatable bonds is 1. The Labute approximate surface area is 123 Å². The summed E-state index contributed by atoms with van der Waals surface area (Å²) in [6.45, 7) is 6.74. The number of aryl methyl sites for hydroxylation is 1. The number of piperazine rings is 1. The van der Waals surface area contributed by atoms with E-state index in [1.54, 1.807) is 11.8 Å². The van der Waals surface area contributed by atoms with E-state index in [9.17, 15) is 9.59 Å². The quantitative estimate of drug-likeness (QED) is 0.770. The number of nitrogens with one attached hydrogen (secondary N) is 1. The highest BCUT2D eigenvalue weighted by Crippen LogP contribution is 2.15. The van der Waals surface area contributed by atoms with Crippen LogP contribution in [0.5, 0.6) is 0 Å². The normalized spacial score (nSPS) is 19.1. The van der Waals surface area contributed by atoms with Crippen LogP contribution in [0.2, 0.25) is 0 Å². The molecule has 0 spiro atoms. The molecule has 114 valence electrons. The third kappa shape index (κ3) is 2.92. The van der Waals surface area contributed by atoms with Crippen LogP contribution in [0, 0.1) is 0 Å². The van der Waals surface area contributed by atoms with Gasteiger partial charge < -0.3 is 15.1 Å². The molecule has 1 fully saturated rings. The van der Waals surface area contributed by atoms with E-state index >= 15 is 0 Å². The van der Waals surface area contributed by atoms with E-state index in [1.807, 2.05) is 15.6 Å². The molecule has 0 aliphatic carbocycles. The molecule has 0 atom stereocenters. The second-order valence-electron chi connectivity index (χ2n) is 5.58. The fourth-order valence-corrected chi connectivity index (χ4v) is 2.87. The van der Waals surface area contributed by atoms with Gasteiger partial charge in [-0.25, -0.2) is 0 Å². The van der Waals surface area contributed by atoms with Crippen LogP contribution in [-0.2, 0) is 17.9 Å². The van der Waals surface area contributed by atoms with Crippen LogP contribution in [-0.4, -0.2) is 64.1 Å². The smallest absolute Gasteiger partial charge is 0.274 e. The lowest BCUT2D eigenvalue weighted by Gasteiger charge is -2.26. The fourth-order valence-electron chi connectivity index (χ4n) is 2.87. The molecule has 2 aliphatic rings. The average molecular weight is 291 g/mol. The van der Waals surface area contributed by atoms with Crippen LogP contribution in [0.25, 0.3) is 0 Å². The van der Waals surface area contributed by atoms with Crippen LogP contribution in [0.3, 0.4) is 0 Å². The van der Waals surface area contributed by atoms with Gasteiger partial charge in [-0.15, -0.1) is 0 Å². The Hall–Kier alpha value is -1.89. The molecule has 0 saturated carbocycles. The predicted octanol–water partition coefficient (Wildman–Crippen LogP) is -0.319. The Morgan fingerprint density at radius 1 is 1.14 bits per heavy atom. The van der Waals surface area contributed by atoms with Crippen molar-refractivity contribution in [3.63, 3.8) is 0 Å². The summed E-state index contributed by atoms with van der Waals surface area (Å²) in [5.41, 5.74) is 1.44. The first-order valence-corrected chi connectivity index (χ1v) is 7.47. The fraction of sp³-hybridized carbons (Fsp3) is 0.643. The first-order chi connectivity index (χ1) is 10.1. The van der Waals surface area contributed by atoms with Crippen LogP contribution < -0.4 is 5.32 Å². The SMILES string of the molecule is CC(=O)N1CCCn2nc(C(=O)N3CCNCC3)cc2C1. The predicted molar refractivity (Wildman–Crippen MR) is 76.7 cm³/mol. The summed E-state index contributed by atoms with van der Waals surface area (Å²) < 4.78 is 1.87. The van der Waals surface area contributed by atoms with E-state index < -0.39 is 0 Å². The van der Waals surface area contributed by atoms with Crippen LogP contribution in [0.15, 0.2) is 6.07 Å². The minimum absolute atomic E-state index is 0.00792. The molecule has 1 N–H and O–H groups in total. The third-order valence-corrected chi connectivity index (χ3v) is 4.08. The van der Waals surface area contributed by atoms with Crippen molar-refractivity contribution in [1.29, 1.82) is 0 Å². The molecule has 1 saturated heterocycles. The molecule has 21 heavy (non-hydrogen) atoms. The number of carbonyl (C=O) groups excluding carboxylic acids is 2. The highest BCUT2D eigenvalue weighted by molar-refractivity contribution is 5.92. The lowest BCUT2D eigenvalue weighted by atomic mass is 10.2. The molecule has 1 aromatic heterocycles. The van der Waals surface area contributed by atoms with Gasteiger partial charge >= 0.3 is 0 Å². The Morgan fingerprint density at radius 3 is 2.62 bits per heavy atom. The maximum atomic E-state index is 12.5. The molecule has 0 bridgehead atoms. The van der Waals surface area contributed by atoms with Crippen molar-refractivity contribution in [3.05, 3.63) is 17.5 Å². The standard InChI is InChI=1S/C14H21N5O2/c1-11(20)18-5-2-6-19-12(10-18)9-13(16-19)14(21)17-7-3-15-4-8-17/h9,15H,2-8,10H2,1H3. The lowest BCUT2D eigenvalue weighted by molar-refractivity contribution is -0.129. The van der Waals surface area contributed by atoms with Crippen molar-refractivity contribution in [2.75, 3.05) is 32.7 Å². The molecule has 7 nitrogen and oxygen atoms in total. The minimum Gasteiger partial charge on any atom is -0.337 e. The van der Waals surface area contributed by atoms with Crippen molar-refractivity contribution in [3.8, 4) is 0 Å². The van der Waals surface area contributed by atoms with Crippen LogP contribution >= 0.6 is 0 Å². The first kappa shape index (κ1) is 14.1. The third-order valence-electron chi connectivity index (χ3n) is 4.08. The van der Waals surface area contributed by atoms with E-state index in [0.717, 1.165) is 51.4 Å². The average Bonchev–Trinajstić information content (AvgIpc) is 2.79. The maximum Gasteiger partial charge on any atom is 0.274 e. The Morgan fingerprint density at radius 2 is 1.90 bits per heavy atom. The molecular weight excluding hydrogens is 270 g/mol. The number of fused-ring (bicyclic) bond motifs is 1. The van der Waals surface area contributed by atoms with Gasteiger partial charge in [0.05, 0.1) is 12.2 Å². The van der Waals surface area contributed by atoms with E-state index in [2.05, 4.69) is 10.4 Å². The summed E-state index contributed by atoms with van der Waals surface area (Å²) in [6.07, 6.45) is 0.871. The molecule has 2 aliphatic heterocycles. The summed E-state index contributed by atoms with van der Waals surface area (Å²) in [6, 6.07) is 1.84. The van der Waals surface area contributed by atoms with Gasteiger partial charge in [0.1, 0.15) is 0 Å². The minimum atomic E-state index is -0.00792. The van der Waals surface area contributed by atoms with Gasteiger partial charge in [-0.2, -0.15) is 5.10 Å². The van der Waals surface area contributed by atoms with E-state index in [-0.39, 0.29) is 11.8 Å². The number of hydrogen-bond acceptors (Lipinski definition) is 4. The molecule has 3 heterocycles. The van der Waals surface area contributed by atoms with Crippen LogP contribution in [0.1, 0.15) is 29.5 Å². The first-order valence-electron chi connectivity index (χ1n) is 7.47. The molecule has 0 unspecified atom stereocenters. The summed E-state index contributed by atoms with van der Waals surface area (Å²) in [7, 11) is 0. The van der Waals surface area contributed by atoms with Crippen LogP contribution in [0.4, 0.5) is 0 Å². The summed E-state index contributed by atoms with van der Waals surface area (Å²) >= 11 is 0. The molecule has 0 aromatic carbocycles. The maximum absolute atomic E-state index is 12.5. The highest BCUT2D eigenvalue weighted by Gasteiger charge is 2.24. The molecular formula is C14H21N5O2. The van der Waals surface area contributed by atoms with Gasteiger partial charge in [0, 0.05) is 46.2 Å². The van der Waals surface area contributed by atoms with E-state index in [1.165, 1.54) is 0 Å². The highest BCUT2D eigenvalue weighted by atomic mass is 16.2. The molecule has 1 aromatic rings. The van der Waals surface area contributed by atoms with Gasteiger partial charge in [0.15, 0.2) is 5.69 Å². The summed E-state index contributed by atoms with van der Waals surface area (Å²) in [5.74, 6) is 0.0612. The van der Waals surface area contributed by atoms with Gasteiger partial charge in [-0.05, 0) is 12.5 Å². The topological polar surface area (TPSA) is 70.5 Å². The number of carbonyl (C=O) groups is 2. The zero-order valence-corrected chi connectivity index (χ0v) is 12.3. The van der Waals surface area contributed by atoms with E-state index in [4.69, 9.17) is 0 Å². The largest absolute Gasteiger partial charge is 0.337 e. The summed E-state index contributed by atoms with van der Waals surface area (Å²) in [5, 5.41) is 7.68. The lowest BCUT2D eigenvalue weighted by Crippen LogP contribution is -2.46. The summed E-state index contributed by atoms with van der Waals surface area (Å²) in [4.78, 5) is 27.7. The number of amides is 2. The van der Waals surface area contributed by atoms with Gasteiger partial charge in [0.25, 0.3) is 5.91 Å². The Bertz CT molecular complexity index is 548. The molecule has 0 radical (unpaired) electrons. The van der Waals surface area contributed by atoms with Gasteiger partial charge in [-0.3, -0.25) is 14.3 Å². The van der Waals surface area contributed by atoms with Crippen molar-refractivity contribution >= 4 is 11.8 Å². The number of hydrogen-bond donors (Lipinski definition) is 1. The second kappa shape index (κ2) is 5.85. The molecule has 2 amide bonds.